The zero-order chi connectivity index (χ0) is 26.1. The van der Waals surface area contributed by atoms with Crippen LogP contribution in [0.5, 0.6) is 0 Å². The Kier molecular flexibility index (Phi) is 10.3. The second-order valence-corrected chi connectivity index (χ2v) is 10.5. The number of esters is 2. The number of carbonyl (C=O) groups is 2. The number of rotatable bonds is 15. The highest BCUT2D eigenvalue weighted by Gasteiger charge is 2.77. The number of benzene rings is 1. The van der Waals surface area contributed by atoms with E-state index in [4.69, 9.17) is 23.7 Å². The van der Waals surface area contributed by atoms with Crippen molar-refractivity contribution in [1.29, 1.82) is 0 Å². The van der Waals surface area contributed by atoms with Crippen molar-refractivity contribution < 1.29 is 33.3 Å². The van der Waals surface area contributed by atoms with Gasteiger partial charge >= 0.3 is 11.9 Å². The van der Waals surface area contributed by atoms with Crippen molar-refractivity contribution in [3.05, 3.63) is 35.9 Å². The van der Waals surface area contributed by atoms with E-state index in [-0.39, 0.29) is 13.2 Å². The lowest BCUT2D eigenvalue weighted by molar-refractivity contribution is -0.363. The Morgan fingerprint density at radius 3 is 2.19 bits per heavy atom. The maximum Gasteiger partial charge on any atom is 0.346 e. The molecule has 0 bridgehead atoms. The molecule has 3 atom stereocenters. The minimum atomic E-state index is -1.74. The fourth-order valence-corrected chi connectivity index (χ4v) is 5.35. The summed E-state index contributed by atoms with van der Waals surface area (Å²) in [5.41, 5.74) is -2.16. The largest absolute Gasteiger partial charge is 0.467 e. The maximum absolute atomic E-state index is 13.4. The number of ether oxygens (including phenoxy) is 5. The summed E-state index contributed by atoms with van der Waals surface area (Å²) in [5, 5.41) is 0. The molecule has 7 nitrogen and oxygen atoms in total. The van der Waals surface area contributed by atoms with Gasteiger partial charge in [0.25, 0.3) is 0 Å². The van der Waals surface area contributed by atoms with Crippen LogP contribution in [0.1, 0.15) is 97.0 Å². The maximum atomic E-state index is 13.4. The highest BCUT2D eigenvalue weighted by Crippen LogP contribution is 2.51. The topological polar surface area (TPSA) is 80.3 Å². The van der Waals surface area contributed by atoms with Crippen molar-refractivity contribution in [3.8, 4) is 0 Å². The number of unbranched alkanes of at least 4 members (excludes halogenated alkanes) is 9. The molecule has 0 spiro atoms. The van der Waals surface area contributed by atoms with Crippen LogP contribution in [0.4, 0.5) is 0 Å². The molecule has 202 valence electrons. The first-order valence-corrected chi connectivity index (χ1v) is 13.6. The molecule has 36 heavy (non-hydrogen) atoms. The van der Waals surface area contributed by atoms with E-state index in [9.17, 15) is 9.59 Å². The van der Waals surface area contributed by atoms with Gasteiger partial charge < -0.3 is 23.7 Å². The number of hydrogen-bond acceptors (Lipinski definition) is 7. The Morgan fingerprint density at radius 1 is 0.972 bits per heavy atom. The number of methoxy groups -OCH3 is 1. The van der Waals surface area contributed by atoms with Crippen molar-refractivity contribution >= 4 is 11.9 Å². The van der Waals surface area contributed by atoms with E-state index >= 15 is 0 Å². The summed E-state index contributed by atoms with van der Waals surface area (Å²) in [7, 11) is 1.30. The molecule has 0 amide bonds. The van der Waals surface area contributed by atoms with Crippen LogP contribution >= 0.6 is 0 Å². The number of fused-ring (bicyclic) bond motifs is 1. The van der Waals surface area contributed by atoms with Crippen LogP contribution in [-0.2, 0) is 39.9 Å². The molecule has 2 aliphatic rings. The van der Waals surface area contributed by atoms with E-state index < -0.39 is 35.0 Å². The van der Waals surface area contributed by atoms with Gasteiger partial charge in [-0.1, -0.05) is 95.0 Å². The van der Waals surface area contributed by atoms with E-state index in [2.05, 4.69) is 6.92 Å². The van der Waals surface area contributed by atoms with E-state index in [1.54, 1.807) is 13.8 Å². The monoisotopic (exact) mass is 504 g/mol. The zero-order valence-electron chi connectivity index (χ0n) is 22.5. The lowest BCUT2D eigenvalue weighted by Gasteiger charge is -2.50. The molecule has 0 aliphatic carbocycles. The molecule has 0 unspecified atom stereocenters. The summed E-state index contributed by atoms with van der Waals surface area (Å²) in [6.45, 7) is 5.86. The van der Waals surface area contributed by atoms with Crippen LogP contribution < -0.4 is 0 Å². The smallest absolute Gasteiger partial charge is 0.346 e. The fraction of sp³-hybridized carbons (Fsp3) is 0.724. The molecule has 3 rings (SSSR count). The van der Waals surface area contributed by atoms with Gasteiger partial charge in [0.15, 0.2) is 17.5 Å². The van der Waals surface area contributed by atoms with Gasteiger partial charge in [-0.25, -0.2) is 9.59 Å². The predicted molar refractivity (Wildman–Crippen MR) is 136 cm³/mol. The van der Waals surface area contributed by atoms with Crippen LogP contribution in [-0.4, -0.2) is 48.7 Å². The minimum Gasteiger partial charge on any atom is -0.467 e. The Balaban J connectivity index is 1.69. The Labute approximate surface area is 216 Å². The molecule has 0 saturated carbocycles. The van der Waals surface area contributed by atoms with Crippen molar-refractivity contribution in [1.82, 2.24) is 0 Å². The van der Waals surface area contributed by atoms with Gasteiger partial charge in [0.05, 0.1) is 20.3 Å². The summed E-state index contributed by atoms with van der Waals surface area (Å²) in [4.78, 5) is 26.6. The van der Waals surface area contributed by atoms with Crippen molar-refractivity contribution in [2.45, 2.75) is 121 Å². The molecule has 2 aliphatic heterocycles. The SMILES string of the molecule is CCCCCCCCCCCC[C@]12COC(C)(C)O[C@@]1(C(=O)OC)[C@H](OCc1ccccc1)C(=O)O2. The number of hydrogen-bond donors (Lipinski definition) is 0. The Morgan fingerprint density at radius 2 is 1.58 bits per heavy atom. The van der Waals surface area contributed by atoms with Gasteiger partial charge in [-0.05, 0) is 32.3 Å². The predicted octanol–water partition coefficient (Wildman–Crippen LogP) is 5.87. The van der Waals surface area contributed by atoms with Crippen molar-refractivity contribution in [3.63, 3.8) is 0 Å². The van der Waals surface area contributed by atoms with Gasteiger partial charge in [0.1, 0.15) is 0 Å². The van der Waals surface area contributed by atoms with Gasteiger partial charge in [0.2, 0.25) is 5.60 Å². The summed E-state index contributed by atoms with van der Waals surface area (Å²) < 4.78 is 29.4. The van der Waals surface area contributed by atoms with Crippen molar-refractivity contribution in [2.24, 2.45) is 0 Å². The van der Waals surface area contributed by atoms with Crippen molar-refractivity contribution in [2.75, 3.05) is 13.7 Å². The number of carbonyl (C=O) groups excluding carboxylic acids is 2. The van der Waals surface area contributed by atoms with E-state index in [1.165, 1.54) is 52.1 Å². The molecule has 2 heterocycles. The van der Waals surface area contributed by atoms with E-state index in [0.717, 1.165) is 24.8 Å². The highest BCUT2D eigenvalue weighted by molar-refractivity contribution is 5.94. The standard InChI is InChI=1S/C29H44O7/c1-5-6-7-8-9-10-11-12-13-17-20-28-22-34-27(2,3)36-29(28,26(31)32-4)24(25(30)35-28)33-21-23-18-15-14-16-19-23/h14-16,18-19,24H,5-13,17,20-22H2,1-4H3/t24-,28+,29-/m1/s1. The quantitative estimate of drug-likeness (QED) is 0.218. The third-order valence-corrected chi connectivity index (χ3v) is 7.30. The first-order chi connectivity index (χ1) is 17.3. The molecule has 7 heteroatoms. The molecule has 1 aromatic rings. The first kappa shape index (κ1) is 28.6. The fourth-order valence-electron chi connectivity index (χ4n) is 5.35. The average molecular weight is 505 g/mol. The molecule has 2 fully saturated rings. The van der Waals surface area contributed by atoms with Crippen LogP contribution in [0.15, 0.2) is 30.3 Å². The van der Waals surface area contributed by atoms with Crippen LogP contribution in [0.2, 0.25) is 0 Å². The molecular weight excluding hydrogens is 460 g/mol. The molecule has 2 saturated heterocycles. The molecular formula is C29H44O7. The summed E-state index contributed by atoms with van der Waals surface area (Å²) in [5.74, 6) is -2.41. The second-order valence-electron chi connectivity index (χ2n) is 10.5. The molecule has 1 aromatic carbocycles. The summed E-state index contributed by atoms with van der Waals surface area (Å²) in [6.07, 6.45) is 11.0. The zero-order valence-corrected chi connectivity index (χ0v) is 22.5. The second kappa shape index (κ2) is 13.0. The van der Waals surface area contributed by atoms with Gasteiger partial charge in [-0.3, -0.25) is 0 Å². The van der Waals surface area contributed by atoms with Gasteiger partial charge in [0, 0.05) is 0 Å². The van der Waals surface area contributed by atoms with Crippen LogP contribution in [0.25, 0.3) is 0 Å². The van der Waals surface area contributed by atoms with Gasteiger partial charge in [-0.2, -0.15) is 0 Å². The highest BCUT2D eigenvalue weighted by atomic mass is 16.8. The average Bonchev–Trinajstić information content (AvgIpc) is 3.11. The normalized spacial score (nSPS) is 26.9. The summed E-state index contributed by atoms with van der Waals surface area (Å²) >= 11 is 0. The summed E-state index contributed by atoms with van der Waals surface area (Å²) in [6, 6.07) is 9.50. The van der Waals surface area contributed by atoms with Crippen LogP contribution in [0.3, 0.4) is 0 Å². The third kappa shape index (κ3) is 6.48. The van der Waals surface area contributed by atoms with E-state index in [1.807, 2.05) is 30.3 Å². The Bertz CT molecular complexity index is 839. The molecule has 0 N–H and O–H groups in total. The molecule has 0 aromatic heterocycles. The van der Waals surface area contributed by atoms with E-state index in [0.29, 0.717) is 6.42 Å². The third-order valence-electron chi connectivity index (χ3n) is 7.30. The lowest BCUT2D eigenvalue weighted by Crippen LogP contribution is -2.72. The lowest BCUT2D eigenvalue weighted by atomic mass is 9.76. The van der Waals surface area contributed by atoms with Gasteiger partial charge in [-0.15, -0.1) is 0 Å². The minimum absolute atomic E-state index is 0.0451. The van der Waals surface area contributed by atoms with Crippen LogP contribution in [0, 0.1) is 0 Å². The first-order valence-electron chi connectivity index (χ1n) is 13.6. The molecule has 0 radical (unpaired) electrons. The Hall–Kier alpha value is -1.96.